The first-order chi connectivity index (χ1) is 13.4. The maximum absolute atomic E-state index is 13.2. The molecule has 146 valence electrons. The topological polar surface area (TPSA) is 107 Å². The summed E-state index contributed by atoms with van der Waals surface area (Å²) in [4.78, 5) is 24.0. The molecule has 2 aromatic rings. The molecule has 1 amide bonds. The monoisotopic (exact) mass is 418 g/mol. The van der Waals surface area contributed by atoms with E-state index in [9.17, 15) is 22.6 Å². The molecule has 0 aliphatic carbocycles. The van der Waals surface area contributed by atoms with E-state index in [0.29, 0.717) is 30.0 Å². The first-order valence-electron chi connectivity index (χ1n) is 8.83. The van der Waals surface area contributed by atoms with Crippen LogP contribution in [0.15, 0.2) is 58.3 Å². The zero-order valence-electron chi connectivity index (χ0n) is 14.8. The second-order valence-corrected chi connectivity index (χ2v) is 10.1. The number of ketones is 1. The standard InChI is InChI=1S/C19H18N2O5S2/c22-18-16-11-15(8-9-17(16)20-19(18)23)28(25,26)21-10-4-5-13(21)12-27(24)14-6-2-1-3-7-14/h1-3,6-9,11,13H,4-5,10,12H2,(H,20,22,23). The third-order valence-corrected chi connectivity index (χ3v) is 8.40. The fourth-order valence-electron chi connectivity index (χ4n) is 3.55. The van der Waals surface area contributed by atoms with Crippen molar-refractivity contribution in [3.8, 4) is 0 Å². The van der Waals surface area contributed by atoms with Crippen molar-refractivity contribution in [2.75, 3.05) is 17.6 Å². The number of anilines is 1. The largest absolute Gasteiger partial charge is 0.611 e. The first-order valence-corrected chi connectivity index (χ1v) is 11.6. The lowest BCUT2D eigenvalue weighted by Gasteiger charge is -2.25. The van der Waals surface area contributed by atoms with Gasteiger partial charge in [0, 0.05) is 6.54 Å². The lowest BCUT2D eigenvalue weighted by molar-refractivity contribution is -0.112. The predicted octanol–water partition coefficient (Wildman–Crippen LogP) is 1.78. The zero-order chi connectivity index (χ0) is 19.9. The molecule has 1 N–H and O–H groups in total. The van der Waals surface area contributed by atoms with Gasteiger partial charge in [-0.2, -0.15) is 4.31 Å². The van der Waals surface area contributed by atoms with E-state index in [1.807, 2.05) is 6.07 Å². The highest BCUT2D eigenvalue weighted by atomic mass is 32.2. The number of nitrogens with zero attached hydrogens (tertiary/aromatic N) is 1. The second-order valence-electron chi connectivity index (χ2n) is 6.73. The Bertz CT molecular complexity index is 1040. The van der Waals surface area contributed by atoms with Gasteiger partial charge in [0.1, 0.15) is 5.75 Å². The molecule has 0 bridgehead atoms. The van der Waals surface area contributed by atoms with Crippen molar-refractivity contribution >= 4 is 38.6 Å². The van der Waals surface area contributed by atoms with E-state index in [0.717, 1.165) is 0 Å². The van der Waals surface area contributed by atoms with E-state index in [4.69, 9.17) is 0 Å². The van der Waals surface area contributed by atoms with Gasteiger partial charge in [-0.05, 0) is 54.3 Å². The Labute approximate surface area is 166 Å². The first kappa shape index (κ1) is 19.1. The Morgan fingerprint density at radius 2 is 1.89 bits per heavy atom. The van der Waals surface area contributed by atoms with E-state index in [-0.39, 0.29) is 22.3 Å². The summed E-state index contributed by atoms with van der Waals surface area (Å²) < 4.78 is 40.3. The molecule has 28 heavy (non-hydrogen) atoms. The van der Waals surface area contributed by atoms with Crippen LogP contribution in [0.1, 0.15) is 23.2 Å². The lowest BCUT2D eigenvalue weighted by atomic mass is 10.1. The van der Waals surface area contributed by atoms with Crippen LogP contribution in [0.2, 0.25) is 0 Å². The molecule has 0 saturated carbocycles. The number of amides is 1. The average Bonchev–Trinajstić information content (AvgIpc) is 3.27. The van der Waals surface area contributed by atoms with Gasteiger partial charge in [0.15, 0.2) is 4.90 Å². The molecule has 0 aromatic heterocycles. The highest BCUT2D eigenvalue weighted by Crippen LogP contribution is 2.31. The van der Waals surface area contributed by atoms with Crippen LogP contribution < -0.4 is 5.32 Å². The number of hydrogen-bond acceptors (Lipinski definition) is 5. The number of hydrogen-bond donors (Lipinski definition) is 1. The molecule has 4 rings (SSSR count). The highest BCUT2D eigenvalue weighted by molar-refractivity contribution is 7.91. The Morgan fingerprint density at radius 3 is 2.64 bits per heavy atom. The van der Waals surface area contributed by atoms with Gasteiger partial charge in [-0.1, -0.05) is 18.2 Å². The molecule has 2 aromatic carbocycles. The van der Waals surface area contributed by atoms with Crippen molar-refractivity contribution in [2.45, 2.75) is 28.7 Å². The van der Waals surface area contributed by atoms with Crippen molar-refractivity contribution in [1.82, 2.24) is 4.31 Å². The molecule has 2 atom stereocenters. The number of Topliss-reactive ketones (excluding diaryl/α,β-unsaturated/α-hetero) is 1. The van der Waals surface area contributed by atoms with Gasteiger partial charge < -0.3 is 9.87 Å². The van der Waals surface area contributed by atoms with Gasteiger partial charge in [0.05, 0.1) is 22.2 Å². The van der Waals surface area contributed by atoms with Gasteiger partial charge >= 0.3 is 0 Å². The minimum atomic E-state index is -3.87. The molecule has 2 heterocycles. The quantitative estimate of drug-likeness (QED) is 0.588. The fourth-order valence-corrected chi connectivity index (χ4v) is 6.72. The minimum Gasteiger partial charge on any atom is -0.611 e. The Balaban J connectivity index is 1.59. The summed E-state index contributed by atoms with van der Waals surface area (Å²) >= 11 is -1.31. The predicted molar refractivity (Wildman–Crippen MR) is 104 cm³/mol. The van der Waals surface area contributed by atoms with Crippen molar-refractivity contribution in [2.24, 2.45) is 0 Å². The number of nitrogens with one attached hydrogen (secondary N) is 1. The van der Waals surface area contributed by atoms with Crippen LogP contribution in [0, 0.1) is 0 Å². The van der Waals surface area contributed by atoms with E-state index in [1.54, 1.807) is 24.3 Å². The minimum absolute atomic E-state index is 0.0338. The van der Waals surface area contributed by atoms with Gasteiger partial charge in [0.2, 0.25) is 10.0 Å². The fraction of sp³-hybridized carbons (Fsp3) is 0.263. The Morgan fingerprint density at radius 1 is 1.14 bits per heavy atom. The molecule has 0 radical (unpaired) electrons. The zero-order valence-corrected chi connectivity index (χ0v) is 16.5. The summed E-state index contributed by atoms with van der Waals surface area (Å²) in [5.74, 6) is -1.29. The third kappa shape index (κ3) is 3.35. The summed E-state index contributed by atoms with van der Waals surface area (Å²) in [6, 6.07) is 12.6. The number of carbonyl (C=O) groups excluding carboxylic acids is 2. The number of rotatable bonds is 5. The highest BCUT2D eigenvalue weighted by Gasteiger charge is 2.39. The summed E-state index contributed by atoms with van der Waals surface area (Å²) in [7, 11) is -3.87. The normalized spacial score (nSPS) is 20.8. The molecular formula is C19H18N2O5S2. The van der Waals surface area contributed by atoms with Crippen molar-refractivity contribution < 1.29 is 22.6 Å². The van der Waals surface area contributed by atoms with Crippen LogP contribution >= 0.6 is 0 Å². The second kappa shape index (κ2) is 7.32. The average molecular weight is 418 g/mol. The molecule has 2 unspecified atom stereocenters. The van der Waals surface area contributed by atoms with Crippen LogP contribution in [0.5, 0.6) is 0 Å². The number of benzene rings is 2. The number of sulfonamides is 1. The molecule has 9 heteroatoms. The molecule has 1 fully saturated rings. The summed E-state index contributed by atoms with van der Waals surface area (Å²) in [5, 5.41) is 2.41. The molecule has 0 spiro atoms. The van der Waals surface area contributed by atoms with Crippen LogP contribution in [0.4, 0.5) is 5.69 Å². The number of carbonyl (C=O) groups is 2. The smallest absolute Gasteiger partial charge is 0.296 e. The van der Waals surface area contributed by atoms with Gasteiger partial charge in [-0.15, -0.1) is 0 Å². The SMILES string of the molecule is O=C1Nc2ccc(S(=O)(=O)N3CCCC3C[S+]([O-])c3ccccc3)cc2C1=O. The van der Waals surface area contributed by atoms with E-state index in [2.05, 4.69) is 5.32 Å². The van der Waals surface area contributed by atoms with Gasteiger partial charge in [0.25, 0.3) is 11.7 Å². The maximum Gasteiger partial charge on any atom is 0.296 e. The van der Waals surface area contributed by atoms with Gasteiger partial charge in [-0.25, -0.2) is 8.42 Å². The Hall–Kier alpha value is -2.20. The summed E-state index contributed by atoms with van der Waals surface area (Å²) in [6.07, 6.45) is 1.31. The number of fused-ring (bicyclic) bond motifs is 1. The van der Waals surface area contributed by atoms with Crippen LogP contribution in [-0.2, 0) is 26.0 Å². The van der Waals surface area contributed by atoms with Crippen LogP contribution in [-0.4, -0.2) is 47.3 Å². The molecule has 7 nitrogen and oxygen atoms in total. The van der Waals surface area contributed by atoms with E-state index < -0.39 is 32.9 Å². The van der Waals surface area contributed by atoms with Crippen LogP contribution in [0.25, 0.3) is 0 Å². The molecule has 1 saturated heterocycles. The van der Waals surface area contributed by atoms with Crippen molar-refractivity contribution in [3.63, 3.8) is 0 Å². The third-order valence-electron chi connectivity index (χ3n) is 4.97. The molecule has 2 aliphatic rings. The maximum atomic E-state index is 13.2. The van der Waals surface area contributed by atoms with Crippen molar-refractivity contribution in [1.29, 1.82) is 0 Å². The van der Waals surface area contributed by atoms with E-state index >= 15 is 0 Å². The summed E-state index contributed by atoms with van der Waals surface area (Å²) in [6.45, 7) is 0.335. The Kier molecular flexibility index (Phi) is 5.00. The molecular weight excluding hydrogens is 400 g/mol. The lowest BCUT2D eigenvalue weighted by Crippen LogP contribution is -2.39. The van der Waals surface area contributed by atoms with Crippen LogP contribution in [0.3, 0.4) is 0 Å². The van der Waals surface area contributed by atoms with Crippen molar-refractivity contribution in [3.05, 3.63) is 54.1 Å². The summed E-state index contributed by atoms with van der Waals surface area (Å²) in [5.41, 5.74) is 0.381. The molecule has 2 aliphatic heterocycles. The van der Waals surface area contributed by atoms with E-state index in [1.165, 1.54) is 22.5 Å². The van der Waals surface area contributed by atoms with Gasteiger partial charge in [-0.3, -0.25) is 9.59 Å².